The largest absolute Gasteiger partial charge is 0.417 e. The van der Waals surface area contributed by atoms with E-state index in [0.717, 1.165) is 55.0 Å². The number of amides is 3. The molecule has 1 aromatic carbocycles. The molecule has 1 saturated carbocycles. The molecule has 10 heteroatoms. The Morgan fingerprint density at radius 3 is 2.52 bits per heavy atom. The number of piperidine rings is 1. The average Bonchev–Trinajstić information content (AvgIpc) is 3.87. The number of hydrogen-bond acceptors (Lipinski definition) is 6. The lowest BCUT2D eigenvalue weighted by atomic mass is 9.87. The zero-order chi connectivity index (χ0) is 32.8. The molecule has 250 valence electrons. The molecule has 0 spiro atoms. The Hall–Kier alpha value is -3.69. The van der Waals surface area contributed by atoms with Crippen molar-refractivity contribution in [3.05, 3.63) is 36.0 Å². The van der Waals surface area contributed by atoms with Gasteiger partial charge in [-0.1, -0.05) is 51.3 Å². The molecule has 3 aliphatic rings. The summed E-state index contributed by atoms with van der Waals surface area (Å²) in [4.78, 5) is 75.4. The number of aromatic nitrogens is 1. The quantitative estimate of drug-likeness (QED) is 0.338. The number of hydrogen-bond donors (Lipinski definition) is 2. The highest BCUT2D eigenvalue weighted by Gasteiger charge is 2.41. The van der Waals surface area contributed by atoms with Crippen LogP contribution in [0.25, 0.3) is 10.9 Å². The van der Waals surface area contributed by atoms with E-state index >= 15 is 0 Å². The second-order valence-electron chi connectivity index (χ2n) is 13.6. The summed E-state index contributed by atoms with van der Waals surface area (Å²) in [7, 11) is 1.57. The van der Waals surface area contributed by atoms with Crippen LogP contribution in [0.15, 0.2) is 30.5 Å². The van der Waals surface area contributed by atoms with Crippen LogP contribution in [-0.4, -0.2) is 70.7 Å². The summed E-state index contributed by atoms with van der Waals surface area (Å²) in [5.74, 6) is -1.27. The molecule has 0 bridgehead atoms. The molecule has 3 fully saturated rings. The van der Waals surface area contributed by atoms with Gasteiger partial charge in [-0.15, -0.1) is 0 Å². The molecule has 2 N–H and O–H groups in total. The fraction of sp³-hybridized carbons (Fsp3) is 0.639. The molecule has 5 rings (SSSR count). The molecule has 2 aromatic rings. The first kappa shape index (κ1) is 33.7. The number of ketones is 2. The third-order valence-electron chi connectivity index (χ3n) is 10.3. The van der Waals surface area contributed by atoms with E-state index in [2.05, 4.69) is 10.6 Å². The number of unbranched alkanes of at least 4 members (excludes halogenated alkanes) is 2. The Bertz CT molecular complexity index is 1430. The van der Waals surface area contributed by atoms with Crippen molar-refractivity contribution in [2.75, 3.05) is 13.7 Å². The Morgan fingerprint density at radius 2 is 1.78 bits per heavy atom. The van der Waals surface area contributed by atoms with Crippen LogP contribution in [0.4, 0.5) is 0 Å². The summed E-state index contributed by atoms with van der Waals surface area (Å²) in [6, 6.07) is 5.34. The third kappa shape index (κ3) is 7.81. The Morgan fingerprint density at radius 1 is 1.00 bits per heavy atom. The summed E-state index contributed by atoms with van der Waals surface area (Å²) in [6.45, 7) is 4.37. The van der Waals surface area contributed by atoms with Gasteiger partial charge in [0.05, 0.1) is 11.6 Å². The molecule has 3 heterocycles. The number of para-hydroxylation sites is 1. The van der Waals surface area contributed by atoms with Gasteiger partial charge in [-0.2, -0.15) is 4.73 Å². The van der Waals surface area contributed by atoms with E-state index in [1.165, 1.54) is 0 Å². The van der Waals surface area contributed by atoms with Crippen LogP contribution in [0.3, 0.4) is 0 Å². The van der Waals surface area contributed by atoms with Crippen LogP contribution in [-0.2, 0) is 30.4 Å². The van der Waals surface area contributed by atoms with Gasteiger partial charge in [0, 0.05) is 49.2 Å². The first-order valence-corrected chi connectivity index (χ1v) is 17.3. The van der Waals surface area contributed by atoms with Crippen molar-refractivity contribution in [1.82, 2.24) is 20.3 Å². The van der Waals surface area contributed by atoms with Gasteiger partial charge in [0.15, 0.2) is 5.78 Å². The smallest absolute Gasteiger partial charge is 0.246 e. The zero-order valence-electron chi connectivity index (χ0n) is 27.6. The first-order valence-electron chi connectivity index (χ1n) is 17.3. The number of rotatable bonds is 12. The van der Waals surface area contributed by atoms with E-state index < -0.39 is 30.0 Å². The molecule has 5 atom stereocenters. The number of Topliss-reactive ketones (excluding diaryl/α,β-unsaturated/α-hetero) is 2. The van der Waals surface area contributed by atoms with E-state index in [4.69, 9.17) is 4.84 Å². The summed E-state index contributed by atoms with van der Waals surface area (Å²) in [6.07, 6.45) is 10.2. The van der Waals surface area contributed by atoms with E-state index in [1.807, 2.05) is 44.3 Å². The highest BCUT2D eigenvalue weighted by Crippen LogP contribution is 2.32. The van der Waals surface area contributed by atoms with E-state index in [9.17, 15) is 24.0 Å². The molecule has 10 nitrogen and oxygen atoms in total. The van der Waals surface area contributed by atoms with Crippen LogP contribution in [0.2, 0.25) is 0 Å². The van der Waals surface area contributed by atoms with Gasteiger partial charge >= 0.3 is 0 Å². The summed E-state index contributed by atoms with van der Waals surface area (Å²) >= 11 is 0. The van der Waals surface area contributed by atoms with Gasteiger partial charge in [-0.25, -0.2) is 0 Å². The Labute approximate surface area is 271 Å². The normalized spacial score (nSPS) is 25.2. The van der Waals surface area contributed by atoms with E-state index in [0.29, 0.717) is 44.4 Å². The minimum absolute atomic E-state index is 0.0204. The number of nitrogens with zero attached hydrogens (tertiary/aromatic N) is 2. The van der Waals surface area contributed by atoms with Crippen LogP contribution in [0.1, 0.15) is 96.5 Å². The second-order valence-corrected chi connectivity index (χ2v) is 13.6. The number of fused-ring (bicyclic) bond motifs is 2. The number of benzene rings is 1. The standard InChI is InChI=1S/C36H50N4O6/c1-4-23(2)33-36(45)39-19-11-10-15-30(39)32(42)21-25(12-6-5-7-16-31(41)24-17-18-24)34(43)37-28(35(44)38-33)20-26-22-40(46-3)29-14-9-8-13-27(26)29/h8-9,13-14,22-25,28,30,33H,4-7,10-12,15-21H2,1-3H3,(H,37,43)(H,38,44)/t23?,25-,28+,30-,33+/m1/s1. The molecule has 1 unspecified atom stereocenters. The van der Waals surface area contributed by atoms with E-state index in [1.54, 1.807) is 16.7 Å². The monoisotopic (exact) mass is 634 g/mol. The van der Waals surface area contributed by atoms with E-state index in [-0.39, 0.29) is 42.3 Å². The van der Waals surface area contributed by atoms with Gasteiger partial charge in [-0.3, -0.25) is 24.0 Å². The lowest BCUT2D eigenvalue weighted by Gasteiger charge is -2.39. The summed E-state index contributed by atoms with van der Waals surface area (Å²) in [5, 5.41) is 6.93. The molecule has 46 heavy (non-hydrogen) atoms. The van der Waals surface area contributed by atoms with Crippen LogP contribution in [0, 0.1) is 17.8 Å². The third-order valence-corrected chi connectivity index (χ3v) is 10.3. The lowest BCUT2D eigenvalue weighted by molar-refractivity contribution is -0.147. The SMILES string of the molecule is CCC(C)[C@@H]1NC(=O)[C@H](Cc2cn(OC)c3ccccc23)NC(=O)[C@H](CCCCCC(=O)C2CC2)CC(=O)[C@H]2CCCCN2C1=O. The molecule has 1 aliphatic carbocycles. The van der Waals surface area contributed by atoms with Crippen molar-refractivity contribution in [3.8, 4) is 0 Å². The summed E-state index contributed by atoms with van der Waals surface area (Å²) in [5.41, 5.74) is 1.66. The number of carbonyl (C=O) groups excluding carboxylic acids is 5. The van der Waals surface area contributed by atoms with Crippen LogP contribution >= 0.6 is 0 Å². The van der Waals surface area contributed by atoms with Crippen molar-refractivity contribution in [1.29, 1.82) is 0 Å². The average molecular weight is 635 g/mol. The molecular weight excluding hydrogens is 584 g/mol. The van der Waals surface area contributed by atoms with Crippen LogP contribution < -0.4 is 15.5 Å². The van der Waals surface area contributed by atoms with Crippen molar-refractivity contribution in [2.45, 2.75) is 115 Å². The maximum Gasteiger partial charge on any atom is 0.246 e. The summed E-state index contributed by atoms with van der Waals surface area (Å²) < 4.78 is 1.64. The minimum Gasteiger partial charge on any atom is -0.417 e. The van der Waals surface area contributed by atoms with Crippen molar-refractivity contribution >= 4 is 40.2 Å². The van der Waals surface area contributed by atoms with Gasteiger partial charge in [0.25, 0.3) is 0 Å². The van der Waals surface area contributed by atoms with Gasteiger partial charge in [-0.05, 0) is 62.5 Å². The first-order chi connectivity index (χ1) is 22.2. The van der Waals surface area contributed by atoms with Gasteiger partial charge in [0.1, 0.15) is 25.0 Å². The zero-order valence-corrected chi connectivity index (χ0v) is 27.6. The Kier molecular flexibility index (Phi) is 11.2. The molecule has 2 aliphatic heterocycles. The number of carbonyl (C=O) groups is 5. The Balaban J connectivity index is 1.42. The van der Waals surface area contributed by atoms with Crippen molar-refractivity contribution in [3.63, 3.8) is 0 Å². The molecule has 2 saturated heterocycles. The molecular formula is C36H50N4O6. The van der Waals surface area contributed by atoms with Gasteiger partial charge < -0.3 is 20.4 Å². The molecule has 3 amide bonds. The van der Waals surface area contributed by atoms with Crippen LogP contribution in [0.5, 0.6) is 0 Å². The number of nitrogens with one attached hydrogen (secondary N) is 2. The second kappa shape index (κ2) is 15.3. The predicted octanol–water partition coefficient (Wildman–Crippen LogP) is 4.16. The van der Waals surface area contributed by atoms with Crippen molar-refractivity contribution in [2.24, 2.45) is 17.8 Å². The molecule has 1 aromatic heterocycles. The van der Waals surface area contributed by atoms with Crippen molar-refractivity contribution < 1.29 is 28.8 Å². The minimum atomic E-state index is -0.965. The predicted molar refractivity (Wildman–Crippen MR) is 175 cm³/mol. The maximum atomic E-state index is 14.1. The fourth-order valence-corrected chi connectivity index (χ4v) is 7.08. The highest BCUT2D eigenvalue weighted by atomic mass is 16.6. The molecule has 0 radical (unpaired) electrons. The maximum absolute atomic E-state index is 14.1. The topological polar surface area (TPSA) is 127 Å². The fourth-order valence-electron chi connectivity index (χ4n) is 7.08. The van der Waals surface area contributed by atoms with Gasteiger partial charge in [0.2, 0.25) is 17.7 Å². The highest BCUT2D eigenvalue weighted by molar-refractivity contribution is 5.98. The lowest BCUT2D eigenvalue weighted by Crippen LogP contribution is -2.61.